The number of halogens is 2. The number of hydrogen-bond donors (Lipinski definition) is 1. The SMILES string of the molecule is COC(=O)c1cc(-c2cnoc2N)cc(F)c1F. The van der Waals surface area contributed by atoms with Gasteiger partial charge in [-0.3, -0.25) is 0 Å². The van der Waals surface area contributed by atoms with Gasteiger partial charge in [0.2, 0.25) is 5.88 Å². The number of esters is 1. The van der Waals surface area contributed by atoms with Gasteiger partial charge in [0.15, 0.2) is 11.6 Å². The van der Waals surface area contributed by atoms with Crippen LogP contribution >= 0.6 is 0 Å². The van der Waals surface area contributed by atoms with Crippen molar-refractivity contribution in [2.45, 2.75) is 0 Å². The number of nitrogen functional groups attached to an aromatic ring is 1. The summed E-state index contributed by atoms with van der Waals surface area (Å²) in [6.45, 7) is 0. The molecule has 1 aromatic heterocycles. The van der Waals surface area contributed by atoms with Crippen LogP contribution in [0.1, 0.15) is 10.4 Å². The van der Waals surface area contributed by atoms with E-state index in [0.717, 1.165) is 19.2 Å². The largest absolute Gasteiger partial charge is 0.465 e. The van der Waals surface area contributed by atoms with Crippen molar-refractivity contribution in [2.24, 2.45) is 0 Å². The number of methoxy groups -OCH3 is 1. The normalized spacial score (nSPS) is 10.4. The van der Waals surface area contributed by atoms with Crippen LogP contribution in [-0.4, -0.2) is 18.2 Å². The van der Waals surface area contributed by atoms with Gasteiger partial charge in [0.05, 0.1) is 24.4 Å². The van der Waals surface area contributed by atoms with Gasteiger partial charge in [0.25, 0.3) is 0 Å². The lowest BCUT2D eigenvalue weighted by Gasteiger charge is -2.05. The van der Waals surface area contributed by atoms with Crippen LogP contribution in [0.3, 0.4) is 0 Å². The third-order valence-electron chi connectivity index (χ3n) is 2.34. The zero-order chi connectivity index (χ0) is 13.3. The molecule has 1 heterocycles. The highest BCUT2D eigenvalue weighted by Gasteiger charge is 2.20. The quantitative estimate of drug-likeness (QED) is 0.829. The predicted molar refractivity (Wildman–Crippen MR) is 57.6 cm³/mol. The van der Waals surface area contributed by atoms with E-state index < -0.39 is 23.2 Å². The average Bonchev–Trinajstić information content (AvgIpc) is 2.78. The van der Waals surface area contributed by atoms with Gasteiger partial charge in [0.1, 0.15) is 0 Å². The molecular weight excluding hydrogens is 246 g/mol. The lowest BCUT2D eigenvalue weighted by molar-refractivity contribution is 0.0594. The summed E-state index contributed by atoms with van der Waals surface area (Å²) in [5.74, 6) is -3.51. The van der Waals surface area contributed by atoms with E-state index in [4.69, 9.17) is 5.73 Å². The van der Waals surface area contributed by atoms with E-state index in [1.165, 1.54) is 6.20 Å². The zero-order valence-electron chi connectivity index (χ0n) is 9.24. The number of ether oxygens (including phenoxy) is 1. The van der Waals surface area contributed by atoms with Gasteiger partial charge >= 0.3 is 5.97 Å². The Labute approximate surface area is 100 Å². The summed E-state index contributed by atoms with van der Waals surface area (Å²) in [6.07, 6.45) is 1.24. The predicted octanol–water partition coefficient (Wildman–Crippen LogP) is 1.99. The monoisotopic (exact) mass is 254 g/mol. The maximum atomic E-state index is 13.4. The van der Waals surface area contributed by atoms with Gasteiger partial charge in [-0.25, -0.2) is 13.6 Å². The maximum Gasteiger partial charge on any atom is 0.340 e. The minimum atomic E-state index is -1.28. The lowest BCUT2D eigenvalue weighted by atomic mass is 10.0. The number of rotatable bonds is 2. The maximum absolute atomic E-state index is 13.4. The zero-order valence-corrected chi connectivity index (χ0v) is 9.24. The van der Waals surface area contributed by atoms with Crippen molar-refractivity contribution in [1.82, 2.24) is 5.16 Å². The van der Waals surface area contributed by atoms with E-state index in [-0.39, 0.29) is 17.0 Å². The molecule has 0 spiro atoms. The van der Waals surface area contributed by atoms with E-state index in [2.05, 4.69) is 14.4 Å². The topological polar surface area (TPSA) is 78.3 Å². The number of anilines is 1. The molecule has 7 heteroatoms. The molecule has 2 N–H and O–H groups in total. The summed E-state index contributed by atoms with van der Waals surface area (Å²) in [4.78, 5) is 11.3. The van der Waals surface area contributed by atoms with Crippen LogP contribution in [0.4, 0.5) is 14.7 Å². The summed E-state index contributed by atoms with van der Waals surface area (Å²) in [6, 6.07) is 2.01. The highest BCUT2D eigenvalue weighted by molar-refractivity contribution is 5.91. The Kier molecular flexibility index (Phi) is 2.97. The molecule has 0 bridgehead atoms. The van der Waals surface area contributed by atoms with Crippen LogP contribution in [0.2, 0.25) is 0 Å². The number of carbonyl (C=O) groups is 1. The van der Waals surface area contributed by atoms with Gasteiger partial charge in [-0.05, 0) is 17.7 Å². The Balaban J connectivity index is 2.61. The van der Waals surface area contributed by atoms with Crippen LogP contribution in [0, 0.1) is 11.6 Å². The van der Waals surface area contributed by atoms with Gasteiger partial charge in [-0.15, -0.1) is 0 Å². The van der Waals surface area contributed by atoms with Crippen LogP contribution < -0.4 is 5.73 Å². The smallest absolute Gasteiger partial charge is 0.340 e. The molecule has 0 unspecified atom stereocenters. The van der Waals surface area contributed by atoms with Crippen molar-refractivity contribution >= 4 is 11.9 Å². The van der Waals surface area contributed by atoms with Crippen LogP contribution in [-0.2, 0) is 4.74 Å². The first-order chi connectivity index (χ1) is 8.54. The molecule has 0 aliphatic heterocycles. The van der Waals surface area contributed by atoms with E-state index in [1.807, 2.05) is 0 Å². The molecule has 0 aliphatic carbocycles. The first kappa shape index (κ1) is 12.0. The Morgan fingerprint density at radius 2 is 2.17 bits per heavy atom. The number of benzene rings is 1. The molecule has 2 rings (SSSR count). The number of aromatic nitrogens is 1. The molecule has 0 fully saturated rings. The van der Waals surface area contributed by atoms with Crippen molar-refractivity contribution in [2.75, 3.05) is 12.8 Å². The Hall–Kier alpha value is -2.44. The van der Waals surface area contributed by atoms with Crippen molar-refractivity contribution in [1.29, 1.82) is 0 Å². The van der Waals surface area contributed by atoms with E-state index in [9.17, 15) is 13.6 Å². The van der Waals surface area contributed by atoms with Crippen molar-refractivity contribution < 1.29 is 22.8 Å². The summed E-state index contributed by atoms with van der Waals surface area (Å²) in [7, 11) is 1.07. The molecule has 0 saturated carbocycles. The summed E-state index contributed by atoms with van der Waals surface area (Å²) in [5, 5.41) is 3.41. The Morgan fingerprint density at radius 3 is 2.72 bits per heavy atom. The standard InChI is InChI=1S/C11H8F2N2O3/c1-17-11(16)6-2-5(3-8(12)9(6)13)7-4-15-18-10(7)14/h2-4H,14H2,1H3. The van der Waals surface area contributed by atoms with E-state index in [0.29, 0.717) is 0 Å². The molecule has 1 aromatic carbocycles. The number of hydrogen-bond acceptors (Lipinski definition) is 5. The molecule has 5 nitrogen and oxygen atoms in total. The third-order valence-corrected chi connectivity index (χ3v) is 2.34. The van der Waals surface area contributed by atoms with Gasteiger partial charge < -0.3 is 15.0 Å². The molecular formula is C11H8F2N2O3. The molecule has 2 aromatic rings. The number of carbonyl (C=O) groups excluding carboxylic acids is 1. The van der Waals surface area contributed by atoms with E-state index in [1.54, 1.807) is 0 Å². The Morgan fingerprint density at radius 1 is 1.44 bits per heavy atom. The highest BCUT2D eigenvalue weighted by atomic mass is 19.2. The second-order valence-electron chi connectivity index (χ2n) is 3.41. The molecule has 0 saturated heterocycles. The minimum Gasteiger partial charge on any atom is -0.465 e. The fourth-order valence-electron chi connectivity index (χ4n) is 1.47. The Bertz CT molecular complexity index is 610. The second kappa shape index (κ2) is 4.44. The van der Waals surface area contributed by atoms with Crippen molar-refractivity contribution in [3.8, 4) is 11.1 Å². The molecule has 0 aliphatic rings. The fraction of sp³-hybridized carbons (Fsp3) is 0.0909. The minimum absolute atomic E-state index is 0.0585. The average molecular weight is 254 g/mol. The summed E-state index contributed by atoms with van der Waals surface area (Å²) in [5.41, 5.74) is 5.37. The molecule has 0 atom stereocenters. The number of nitrogens with two attached hydrogens (primary N) is 1. The fourth-order valence-corrected chi connectivity index (χ4v) is 1.47. The number of nitrogens with zero attached hydrogens (tertiary/aromatic N) is 1. The van der Waals surface area contributed by atoms with Crippen molar-refractivity contribution in [3.05, 3.63) is 35.5 Å². The molecule has 0 amide bonds. The molecule has 18 heavy (non-hydrogen) atoms. The lowest BCUT2D eigenvalue weighted by Crippen LogP contribution is -2.06. The van der Waals surface area contributed by atoms with Crippen molar-refractivity contribution in [3.63, 3.8) is 0 Å². The third kappa shape index (κ3) is 1.90. The van der Waals surface area contributed by atoms with E-state index >= 15 is 0 Å². The van der Waals surface area contributed by atoms with Gasteiger partial charge in [0, 0.05) is 0 Å². The first-order valence-corrected chi connectivity index (χ1v) is 4.82. The van der Waals surface area contributed by atoms with Crippen LogP contribution in [0.15, 0.2) is 22.9 Å². The van der Waals surface area contributed by atoms with Crippen LogP contribution in [0.5, 0.6) is 0 Å². The first-order valence-electron chi connectivity index (χ1n) is 4.82. The van der Waals surface area contributed by atoms with Gasteiger partial charge in [-0.1, -0.05) is 5.16 Å². The highest BCUT2D eigenvalue weighted by Crippen LogP contribution is 2.28. The second-order valence-corrected chi connectivity index (χ2v) is 3.41. The molecule has 94 valence electrons. The summed E-state index contributed by atoms with van der Waals surface area (Å²) < 4.78 is 35.8. The summed E-state index contributed by atoms with van der Waals surface area (Å²) >= 11 is 0. The molecule has 0 radical (unpaired) electrons. The van der Waals surface area contributed by atoms with Gasteiger partial charge in [-0.2, -0.15) is 0 Å². The van der Waals surface area contributed by atoms with Crippen LogP contribution in [0.25, 0.3) is 11.1 Å².